The van der Waals surface area contributed by atoms with Crippen molar-refractivity contribution in [3.8, 4) is 34.2 Å². The minimum atomic E-state index is -0.605. The van der Waals surface area contributed by atoms with Crippen LogP contribution in [-0.2, 0) is 6.54 Å². The van der Waals surface area contributed by atoms with Gasteiger partial charge in [0, 0.05) is 23.9 Å². The number of methoxy groups -OCH3 is 1. The molecule has 0 aliphatic carbocycles. The summed E-state index contributed by atoms with van der Waals surface area (Å²) in [5, 5.41) is 17.0. The summed E-state index contributed by atoms with van der Waals surface area (Å²) in [7, 11) is 1.41. The minimum Gasteiger partial charge on any atom is -0.494 e. The van der Waals surface area contributed by atoms with Crippen LogP contribution >= 0.6 is 0 Å². The first-order valence-corrected chi connectivity index (χ1v) is 9.41. The summed E-state index contributed by atoms with van der Waals surface area (Å²) in [6.45, 7) is 2.63. The summed E-state index contributed by atoms with van der Waals surface area (Å²) in [6, 6.07) is 10.9. The predicted octanol–water partition coefficient (Wildman–Crippen LogP) is 3.99. The molecule has 3 aromatic rings. The van der Waals surface area contributed by atoms with Gasteiger partial charge in [-0.05, 0) is 55.3 Å². The maximum absolute atomic E-state index is 14.3. The van der Waals surface area contributed by atoms with Crippen molar-refractivity contribution in [2.45, 2.75) is 13.0 Å². The largest absolute Gasteiger partial charge is 0.494 e. The van der Waals surface area contributed by atoms with E-state index in [9.17, 15) is 8.78 Å². The van der Waals surface area contributed by atoms with Gasteiger partial charge in [0.15, 0.2) is 11.6 Å². The minimum absolute atomic E-state index is 0.0257. The highest BCUT2D eigenvalue weighted by molar-refractivity contribution is 5.81. The Morgan fingerprint density at radius 2 is 2.00 bits per heavy atom. The van der Waals surface area contributed by atoms with Crippen molar-refractivity contribution in [3.05, 3.63) is 59.8 Å². The summed E-state index contributed by atoms with van der Waals surface area (Å²) in [4.78, 5) is 0. The zero-order chi connectivity index (χ0) is 20.4. The molecule has 0 unspecified atom stereocenters. The Morgan fingerprint density at radius 3 is 2.66 bits per heavy atom. The second kappa shape index (κ2) is 8.02. The van der Waals surface area contributed by atoms with E-state index in [-0.39, 0.29) is 11.3 Å². The van der Waals surface area contributed by atoms with Gasteiger partial charge in [-0.15, -0.1) is 0 Å². The molecule has 0 amide bonds. The molecule has 1 fully saturated rings. The quantitative estimate of drug-likeness (QED) is 0.711. The molecule has 1 aliphatic heterocycles. The van der Waals surface area contributed by atoms with Gasteiger partial charge in [0.05, 0.1) is 12.7 Å². The number of benzene rings is 2. The summed E-state index contributed by atoms with van der Waals surface area (Å²) < 4.78 is 35.4. The van der Waals surface area contributed by atoms with Crippen LogP contribution in [0.3, 0.4) is 0 Å². The van der Waals surface area contributed by atoms with Crippen molar-refractivity contribution in [2.75, 3.05) is 20.2 Å². The fourth-order valence-electron chi connectivity index (χ4n) is 3.66. The van der Waals surface area contributed by atoms with Gasteiger partial charge in [-0.3, -0.25) is 4.68 Å². The predicted molar refractivity (Wildman–Crippen MR) is 105 cm³/mol. The van der Waals surface area contributed by atoms with Crippen LogP contribution in [-0.4, -0.2) is 30.0 Å². The molecule has 2 heterocycles. The fourth-order valence-corrected chi connectivity index (χ4v) is 3.66. The molecule has 5 nitrogen and oxygen atoms in total. The van der Waals surface area contributed by atoms with Gasteiger partial charge in [0.1, 0.15) is 17.6 Å². The lowest BCUT2D eigenvalue weighted by molar-refractivity contribution is 0.386. The molecular formula is C22H20F2N4O. The zero-order valence-corrected chi connectivity index (χ0v) is 16.0. The monoisotopic (exact) mass is 394 g/mol. The number of hydrogen-bond acceptors (Lipinski definition) is 4. The SMILES string of the molecule is COc1ccc(-c2cn(C[C@H]3CCNC3)nc2-c2ccc(C#N)c(F)c2)cc1F. The number of nitrogens with one attached hydrogen (secondary N) is 1. The van der Waals surface area contributed by atoms with E-state index in [1.54, 1.807) is 18.2 Å². The molecule has 148 valence electrons. The molecule has 0 saturated carbocycles. The first kappa shape index (κ1) is 19.1. The van der Waals surface area contributed by atoms with Crippen molar-refractivity contribution < 1.29 is 13.5 Å². The molecular weight excluding hydrogens is 374 g/mol. The molecule has 7 heteroatoms. The van der Waals surface area contributed by atoms with Gasteiger partial charge in [-0.2, -0.15) is 10.4 Å². The molecule has 0 bridgehead atoms. The Bertz CT molecular complexity index is 1080. The lowest BCUT2D eigenvalue weighted by atomic mass is 10.0. The molecule has 29 heavy (non-hydrogen) atoms. The maximum atomic E-state index is 14.3. The Kier molecular flexibility index (Phi) is 5.28. The van der Waals surface area contributed by atoms with Gasteiger partial charge in [-0.25, -0.2) is 8.78 Å². The summed E-state index contributed by atoms with van der Waals surface area (Å²) in [6.07, 6.45) is 2.93. The average Bonchev–Trinajstić information content (AvgIpc) is 3.38. The third kappa shape index (κ3) is 3.84. The number of aromatic nitrogens is 2. The van der Waals surface area contributed by atoms with Crippen LogP contribution < -0.4 is 10.1 Å². The van der Waals surface area contributed by atoms with Gasteiger partial charge >= 0.3 is 0 Å². The highest BCUT2D eigenvalue weighted by atomic mass is 19.1. The van der Waals surface area contributed by atoms with Crippen molar-refractivity contribution >= 4 is 0 Å². The fraction of sp³-hybridized carbons (Fsp3) is 0.273. The first-order chi connectivity index (χ1) is 14.1. The Morgan fingerprint density at radius 1 is 1.21 bits per heavy atom. The third-order valence-corrected chi connectivity index (χ3v) is 5.20. The number of nitriles is 1. The van der Waals surface area contributed by atoms with Crippen molar-refractivity contribution in [1.82, 2.24) is 15.1 Å². The topological polar surface area (TPSA) is 62.9 Å². The highest BCUT2D eigenvalue weighted by Crippen LogP contribution is 2.34. The molecule has 0 spiro atoms. The van der Waals surface area contributed by atoms with Crippen LogP contribution in [0.1, 0.15) is 12.0 Å². The standard InChI is InChI=1S/C22H20F2N4O/c1-29-21-5-4-15(8-20(21)24)18-13-28(12-14-6-7-26-11-14)27-22(18)16-2-3-17(10-25)19(23)9-16/h2-5,8-9,13-14,26H,6-7,11-12H2,1H3/t14-/m0/s1. The summed E-state index contributed by atoms with van der Waals surface area (Å²) in [5.41, 5.74) is 2.38. The first-order valence-electron chi connectivity index (χ1n) is 9.41. The zero-order valence-electron chi connectivity index (χ0n) is 16.0. The van der Waals surface area contributed by atoms with Crippen LogP contribution in [0.15, 0.2) is 42.6 Å². The van der Waals surface area contributed by atoms with Gasteiger partial charge in [0.25, 0.3) is 0 Å². The Balaban J connectivity index is 1.79. The lowest BCUT2D eigenvalue weighted by Crippen LogP contribution is -2.14. The molecule has 1 aliphatic rings. The second-order valence-corrected chi connectivity index (χ2v) is 7.13. The second-order valence-electron chi connectivity index (χ2n) is 7.13. The normalized spacial score (nSPS) is 16.0. The van der Waals surface area contributed by atoms with Gasteiger partial charge in [-0.1, -0.05) is 12.1 Å². The van der Waals surface area contributed by atoms with E-state index in [1.165, 1.54) is 25.3 Å². The van der Waals surface area contributed by atoms with E-state index in [2.05, 4.69) is 10.4 Å². The van der Waals surface area contributed by atoms with Crippen LogP contribution in [0.5, 0.6) is 5.75 Å². The summed E-state index contributed by atoms with van der Waals surface area (Å²) in [5.74, 6) is -0.467. The van der Waals surface area contributed by atoms with Crippen LogP contribution in [0.4, 0.5) is 8.78 Å². The van der Waals surface area contributed by atoms with E-state index in [0.717, 1.165) is 26.1 Å². The van der Waals surface area contributed by atoms with E-state index in [4.69, 9.17) is 10.00 Å². The number of rotatable bonds is 5. The molecule has 4 rings (SSSR count). The Labute approximate surface area is 167 Å². The van der Waals surface area contributed by atoms with Gasteiger partial charge in [0.2, 0.25) is 0 Å². The third-order valence-electron chi connectivity index (χ3n) is 5.20. The number of halogens is 2. The highest BCUT2D eigenvalue weighted by Gasteiger charge is 2.20. The van der Waals surface area contributed by atoms with Crippen molar-refractivity contribution in [1.29, 1.82) is 5.26 Å². The molecule has 1 saturated heterocycles. The van der Waals surface area contributed by atoms with Crippen LogP contribution in [0, 0.1) is 28.9 Å². The molecule has 1 aromatic heterocycles. The van der Waals surface area contributed by atoms with Crippen molar-refractivity contribution in [3.63, 3.8) is 0 Å². The summed E-state index contributed by atoms with van der Waals surface area (Å²) >= 11 is 0. The number of ether oxygens (including phenoxy) is 1. The molecule has 2 aromatic carbocycles. The molecule has 1 N–H and O–H groups in total. The average molecular weight is 394 g/mol. The van der Waals surface area contributed by atoms with E-state index in [0.29, 0.717) is 28.3 Å². The molecule has 1 atom stereocenters. The van der Waals surface area contributed by atoms with E-state index < -0.39 is 11.6 Å². The Hall–Kier alpha value is -3.24. The maximum Gasteiger partial charge on any atom is 0.165 e. The van der Waals surface area contributed by atoms with Crippen molar-refractivity contribution in [2.24, 2.45) is 5.92 Å². The van der Waals surface area contributed by atoms with E-state index >= 15 is 0 Å². The van der Waals surface area contributed by atoms with Crippen LogP contribution in [0.2, 0.25) is 0 Å². The number of hydrogen-bond donors (Lipinski definition) is 1. The van der Waals surface area contributed by atoms with E-state index in [1.807, 2.05) is 16.9 Å². The lowest BCUT2D eigenvalue weighted by Gasteiger charge is -2.07. The molecule has 0 radical (unpaired) electrons. The van der Waals surface area contributed by atoms with Crippen LogP contribution in [0.25, 0.3) is 22.4 Å². The smallest absolute Gasteiger partial charge is 0.165 e. The number of nitrogens with zero attached hydrogens (tertiary/aromatic N) is 3. The van der Waals surface area contributed by atoms with Gasteiger partial charge < -0.3 is 10.1 Å².